The Balaban J connectivity index is 2.04. The molecule has 20 heavy (non-hydrogen) atoms. The van der Waals surface area contributed by atoms with E-state index in [1.54, 1.807) is 30.7 Å². The molecule has 2 aromatic rings. The van der Waals surface area contributed by atoms with Crippen molar-refractivity contribution in [3.05, 3.63) is 60.2 Å². The average molecular weight is 268 g/mol. The van der Waals surface area contributed by atoms with Crippen LogP contribution in [0.2, 0.25) is 0 Å². The number of nitrogens with zero attached hydrogens (tertiary/aromatic N) is 2. The SMILES string of the molecule is C=CCc1c(O)ccc2c1CCC(n1ccnc1)C2=O. The van der Waals surface area contributed by atoms with Crippen molar-refractivity contribution in [3.63, 3.8) is 0 Å². The molecule has 102 valence electrons. The third-order valence-electron chi connectivity index (χ3n) is 3.88. The standard InChI is InChI=1S/C16H16N2O2/c1-2-3-12-11-4-6-14(18-9-8-17-10-18)16(20)13(11)5-7-15(12)19/h2,5,7-10,14,19H,1,3-4,6H2. The Kier molecular flexibility index (Phi) is 3.14. The second-order valence-electron chi connectivity index (χ2n) is 5.01. The number of aromatic nitrogens is 2. The van der Waals surface area contributed by atoms with Crippen molar-refractivity contribution in [2.24, 2.45) is 0 Å². The predicted octanol–water partition coefficient (Wildman–Crippen LogP) is 2.69. The monoisotopic (exact) mass is 268 g/mol. The van der Waals surface area contributed by atoms with Crippen LogP contribution in [-0.4, -0.2) is 20.4 Å². The molecule has 1 heterocycles. The van der Waals surface area contributed by atoms with E-state index < -0.39 is 0 Å². The molecule has 3 rings (SSSR count). The number of ketones is 1. The van der Waals surface area contributed by atoms with Crippen LogP contribution < -0.4 is 0 Å². The Morgan fingerprint density at radius 3 is 3.05 bits per heavy atom. The van der Waals surface area contributed by atoms with E-state index in [2.05, 4.69) is 11.6 Å². The summed E-state index contributed by atoms with van der Waals surface area (Å²) in [6.45, 7) is 3.71. The summed E-state index contributed by atoms with van der Waals surface area (Å²) in [5.41, 5.74) is 2.51. The highest BCUT2D eigenvalue weighted by Gasteiger charge is 2.30. The van der Waals surface area contributed by atoms with E-state index in [4.69, 9.17) is 0 Å². The van der Waals surface area contributed by atoms with E-state index in [9.17, 15) is 9.90 Å². The van der Waals surface area contributed by atoms with Gasteiger partial charge in [-0.2, -0.15) is 0 Å². The third-order valence-corrected chi connectivity index (χ3v) is 3.88. The molecular formula is C16H16N2O2. The summed E-state index contributed by atoms with van der Waals surface area (Å²) in [6, 6.07) is 3.14. The van der Waals surface area contributed by atoms with Crippen molar-refractivity contribution >= 4 is 5.78 Å². The lowest BCUT2D eigenvalue weighted by Gasteiger charge is -2.26. The van der Waals surface area contributed by atoms with Crippen LogP contribution in [0.4, 0.5) is 0 Å². The van der Waals surface area contributed by atoms with Crippen molar-refractivity contribution < 1.29 is 9.90 Å². The average Bonchev–Trinajstić information content (AvgIpc) is 2.96. The van der Waals surface area contributed by atoms with E-state index in [0.717, 1.165) is 24.0 Å². The molecule has 1 aliphatic rings. The fourth-order valence-electron chi connectivity index (χ4n) is 2.90. The molecule has 1 N–H and O–H groups in total. The summed E-state index contributed by atoms with van der Waals surface area (Å²) in [7, 11) is 0. The number of Topliss-reactive ketones (excluding diaryl/α,β-unsaturated/α-hetero) is 1. The fourth-order valence-corrected chi connectivity index (χ4v) is 2.90. The topological polar surface area (TPSA) is 55.1 Å². The van der Waals surface area contributed by atoms with Crippen LogP contribution in [0.15, 0.2) is 43.5 Å². The Bertz CT molecular complexity index is 659. The maximum Gasteiger partial charge on any atom is 0.185 e. The lowest BCUT2D eigenvalue weighted by Crippen LogP contribution is -2.26. The van der Waals surface area contributed by atoms with Crippen LogP contribution in [0, 0.1) is 0 Å². The highest BCUT2D eigenvalue weighted by molar-refractivity contribution is 6.01. The second kappa shape index (κ2) is 4.96. The summed E-state index contributed by atoms with van der Waals surface area (Å²) in [4.78, 5) is 16.6. The summed E-state index contributed by atoms with van der Waals surface area (Å²) < 4.78 is 1.85. The normalized spacial score (nSPS) is 17.8. The van der Waals surface area contributed by atoms with Crippen LogP contribution in [0.25, 0.3) is 0 Å². The summed E-state index contributed by atoms with van der Waals surface area (Å²) in [5, 5.41) is 9.96. The van der Waals surface area contributed by atoms with Crippen molar-refractivity contribution in [1.82, 2.24) is 9.55 Å². The predicted molar refractivity (Wildman–Crippen MR) is 75.9 cm³/mol. The highest BCUT2D eigenvalue weighted by Crippen LogP contribution is 2.34. The second-order valence-corrected chi connectivity index (χ2v) is 5.01. The molecule has 1 aromatic heterocycles. The molecule has 4 nitrogen and oxygen atoms in total. The minimum Gasteiger partial charge on any atom is -0.508 e. The number of fused-ring (bicyclic) bond motifs is 1. The van der Waals surface area contributed by atoms with Gasteiger partial charge in [0, 0.05) is 23.5 Å². The van der Waals surface area contributed by atoms with E-state index in [1.165, 1.54) is 0 Å². The third kappa shape index (κ3) is 1.93. The van der Waals surface area contributed by atoms with E-state index in [0.29, 0.717) is 12.0 Å². The highest BCUT2D eigenvalue weighted by atomic mass is 16.3. The Morgan fingerprint density at radius 1 is 1.50 bits per heavy atom. The van der Waals surface area contributed by atoms with E-state index in [1.807, 2.05) is 10.8 Å². The van der Waals surface area contributed by atoms with Gasteiger partial charge in [0.2, 0.25) is 0 Å². The molecule has 0 saturated carbocycles. The van der Waals surface area contributed by atoms with Gasteiger partial charge < -0.3 is 9.67 Å². The molecule has 1 atom stereocenters. The molecule has 1 unspecified atom stereocenters. The first kappa shape index (κ1) is 12.7. The number of phenols is 1. The van der Waals surface area contributed by atoms with Gasteiger partial charge in [-0.3, -0.25) is 4.79 Å². The number of hydrogen-bond donors (Lipinski definition) is 1. The zero-order valence-corrected chi connectivity index (χ0v) is 11.1. The Morgan fingerprint density at radius 2 is 2.35 bits per heavy atom. The maximum atomic E-state index is 12.6. The molecule has 0 spiro atoms. The number of carbonyl (C=O) groups excluding carboxylic acids is 1. The van der Waals surface area contributed by atoms with Gasteiger partial charge in [0.15, 0.2) is 5.78 Å². The van der Waals surface area contributed by atoms with E-state index in [-0.39, 0.29) is 17.6 Å². The molecule has 0 fully saturated rings. The molecule has 0 aliphatic heterocycles. The van der Waals surface area contributed by atoms with Gasteiger partial charge in [-0.1, -0.05) is 6.08 Å². The Hall–Kier alpha value is -2.36. The molecule has 0 amide bonds. The van der Waals surface area contributed by atoms with Gasteiger partial charge in [-0.25, -0.2) is 4.98 Å². The maximum absolute atomic E-state index is 12.6. The zero-order valence-electron chi connectivity index (χ0n) is 11.1. The lowest BCUT2D eigenvalue weighted by molar-refractivity contribution is 0.0908. The molecule has 0 bridgehead atoms. The summed E-state index contributed by atoms with van der Waals surface area (Å²) >= 11 is 0. The smallest absolute Gasteiger partial charge is 0.185 e. The van der Waals surface area contributed by atoms with Crippen molar-refractivity contribution in [1.29, 1.82) is 0 Å². The van der Waals surface area contributed by atoms with Crippen LogP contribution >= 0.6 is 0 Å². The van der Waals surface area contributed by atoms with Crippen LogP contribution in [0.3, 0.4) is 0 Å². The van der Waals surface area contributed by atoms with Crippen LogP contribution in [0.1, 0.15) is 33.9 Å². The fraction of sp³-hybridized carbons (Fsp3) is 0.250. The van der Waals surface area contributed by atoms with Gasteiger partial charge >= 0.3 is 0 Å². The largest absolute Gasteiger partial charge is 0.508 e. The number of rotatable bonds is 3. The molecule has 4 heteroatoms. The number of benzene rings is 1. The molecule has 0 radical (unpaired) electrons. The quantitative estimate of drug-likeness (QED) is 0.871. The molecule has 0 saturated heterocycles. The summed E-state index contributed by atoms with van der Waals surface area (Å²) in [6.07, 6.45) is 9.02. The van der Waals surface area contributed by atoms with Gasteiger partial charge in [-0.15, -0.1) is 6.58 Å². The van der Waals surface area contributed by atoms with Gasteiger partial charge in [-0.05, 0) is 37.0 Å². The number of hydrogen-bond acceptors (Lipinski definition) is 3. The molecule has 1 aliphatic carbocycles. The van der Waals surface area contributed by atoms with E-state index >= 15 is 0 Å². The van der Waals surface area contributed by atoms with Crippen LogP contribution in [0.5, 0.6) is 5.75 Å². The van der Waals surface area contributed by atoms with Gasteiger partial charge in [0.1, 0.15) is 5.75 Å². The first-order chi connectivity index (χ1) is 9.72. The molecule has 1 aromatic carbocycles. The minimum atomic E-state index is -0.189. The number of phenolic OH excluding ortho intramolecular Hbond substituents is 1. The lowest BCUT2D eigenvalue weighted by atomic mass is 9.83. The van der Waals surface area contributed by atoms with Crippen molar-refractivity contribution in [2.45, 2.75) is 25.3 Å². The van der Waals surface area contributed by atoms with Crippen LogP contribution in [-0.2, 0) is 12.8 Å². The molecular weight excluding hydrogens is 252 g/mol. The number of allylic oxidation sites excluding steroid dienone is 1. The van der Waals surface area contributed by atoms with Crippen molar-refractivity contribution in [3.8, 4) is 5.75 Å². The first-order valence-corrected chi connectivity index (χ1v) is 6.68. The first-order valence-electron chi connectivity index (χ1n) is 6.68. The number of carbonyl (C=O) groups is 1. The van der Waals surface area contributed by atoms with Crippen molar-refractivity contribution in [2.75, 3.05) is 0 Å². The zero-order chi connectivity index (χ0) is 14.1. The number of imidazole rings is 1. The van der Waals surface area contributed by atoms with Gasteiger partial charge in [0.05, 0.1) is 12.4 Å². The number of aromatic hydroxyl groups is 1. The van der Waals surface area contributed by atoms with Gasteiger partial charge in [0.25, 0.3) is 0 Å². The Labute approximate surface area is 117 Å². The summed E-state index contributed by atoms with van der Waals surface area (Å²) in [5.74, 6) is 0.340. The minimum absolute atomic E-state index is 0.0922.